The molecular formula is C15H25NO3. The van der Waals surface area contributed by atoms with Crippen LogP contribution >= 0.6 is 0 Å². The van der Waals surface area contributed by atoms with Gasteiger partial charge in [0.05, 0.1) is 5.92 Å². The molecule has 0 bridgehead atoms. The smallest absolute Gasteiger partial charge is 0.308 e. The fourth-order valence-corrected chi connectivity index (χ4v) is 3.56. The fourth-order valence-electron chi connectivity index (χ4n) is 3.56. The number of carbonyl (C=O) groups excluding carboxylic acids is 1. The lowest BCUT2D eigenvalue weighted by molar-refractivity contribution is -0.143. The lowest BCUT2D eigenvalue weighted by Gasteiger charge is -2.31. The number of rotatable bonds is 2. The molecule has 1 N–H and O–H groups in total. The van der Waals surface area contributed by atoms with Gasteiger partial charge in [0, 0.05) is 18.5 Å². The highest BCUT2D eigenvalue weighted by molar-refractivity contribution is 5.84. The van der Waals surface area contributed by atoms with Gasteiger partial charge in [0.25, 0.3) is 0 Å². The van der Waals surface area contributed by atoms with Crippen LogP contribution in [0.15, 0.2) is 0 Å². The Bertz CT molecular complexity index is 358. The highest BCUT2D eigenvalue weighted by Gasteiger charge is 2.43. The molecule has 2 fully saturated rings. The van der Waals surface area contributed by atoms with E-state index in [4.69, 9.17) is 5.11 Å². The van der Waals surface area contributed by atoms with E-state index in [1.54, 1.807) is 4.90 Å². The van der Waals surface area contributed by atoms with Crippen LogP contribution in [0.4, 0.5) is 0 Å². The SMILES string of the molecule is C[C@@H]1CN(C(=O)C2(C)CCCCCC2)C[C@H]1C(=O)O. The zero-order valence-electron chi connectivity index (χ0n) is 12.0. The van der Waals surface area contributed by atoms with Crippen molar-refractivity contribution in [1.29, 1.82) is 0 Å². The summed E-state index contributed by atoms with van der Waals surface area (Å²) in [6.45, 7) is 5.00. The van der Waals surface area contributed by atoms with Gasteiger partial charge >= 0.3 is 5.97 Å². The van der Waals surface area contributed by atoms with Crippen LogP contribution in [-0.2, 0) is 9.59 Å². The Hall–Kier alpha value is -1.06. The summed E-state index contributed by atoms with van der Waals surface area (Å²) in [5.41, 5.74) is -0.260. The molecule has 1 amide bonds. The standard InChI is InChI=1S/C15H25NO3/c1-11-9-16(10-12(11)13(17)18)14(19)15(2)7-5-3-4-6-8-15/h11-12H,3-10H2,1-2H3,(H,17,18)/t11-,12-/m1/s1. The molecule has 0 spiro atoms. The minimum Gasteiger partial charge on any atom is -0.481 e. The molecule has 2 rings (SSSR count). The topological polar surface area (TPSA) is 57.6 Å². The van der Waals surface area contributed by atoms with E-state index in [1.807, 2.05) is 6.92 Å². The molecule has 0 aromatic rings. The largest absolute Gasteiger partial charge is 0.481 e. The average Bonchev–Trinajstić information content (AvgIpc) is 2.60. The van der Waals surface area contributed by atoms with Crippen LogP contribution in [-0.4, -0.2) is 35.0 Å². The summed E-state index contributed by atoms with van der Waals surface area (Å²) in [5, 5.41) is 9.16. The van der Waals surface area contributed by atoms with Crippen LogP contribution < -0.4 is 0 Å². The number of hydrogen-bond donors (Lipinski definition) is 1. The second-order valence-electron chi connectivity index (χ2n) is 6.61. The third-order valence-corrected chi connectivity index (χ3v) is 4.94. The van der Waals surface area contributed by atoms with E-state index in [1.165, 1.54) is 12.8 Å². The Morgan fingerprint density at radius 2 is 1.68 bits per heavy atom. The van der Waals surface area contributed by atoms with Gasteiger partial charge < -0.3 is 10.0 Å². The van der Waals surface area contributed by atoms with Gasteiger partial charge in [-0.1, -0.05) is 39.5 Å². The quantitative estimate of drug-likeness (QED) is 0.782. The molecule has 2 atom stereocenters. The van der Waals surface area contributed by atoms with Gasteiger partial charge in [0.1, 0.15) is 0 Å². The van der Waals surface area contributed by atoms with E-state index >= 15 is 0 Å². The minimum atomic E-state index is -0.770. The molecule has 0 aromatic carbocycles. The minimum absolute atomic E-state index is 0.0656. The van der Waals surface area contributed by atoms with Gasteiger partial charge in [-0.2, -0.15) is 0 Å². The second-order valence-corrected chi connectivity index (χ2v) is 6.61. The summed E-state index contributed by atoms with van der Waals surface area (Å²) in [5.74, 6) is -0.909. The zero-order valence-corrected chi connectivity index (χ0v) is 12.0. The van der Waals surface area contributed by atoms with Crippen molar-refractivity contribution in [2.45, 2.75) is 52.4 Å². The summed E-state index contributed by atoms with van der Waals surface area (Å²) in [6, 6.07) is 0. The van der Waals surface area contributed by atoms with E-state index in [-0.39, 0.29) is 17.2 Å². The summed E-state index contributed by atoms with van der Waals surface area (Å²) in [7, 11) is 0. The molecule has 1 aliphatic carbocycles. The first kappa shape index (κ1) is 14.4. The van der Waals surface area contributed by atoms with Gasteiger partial charge in [0.2, 0.25) is 5.91 Å². The van der Waals surface area contributed by atoms with Crippen molar-refractivity contribution in [2.75, 3.05) is 13.1 Å². The molecule has 108 valence electrons. The van der Waals surface area contributed by atoms with Gasteiger partial charge in [-0.3, -0.25) is 9.59 Å². The first-order chi connectivity index (χ1) is 8.94. The molecule has 1 heterocycles. The number of aliphatic carboxylic acids is 1. The van der Waals surface area contributed by atoms with Gasteiger partial charge in [-0.05, 0) is 18.8 Å². The van der Waals surface area contributed by atoms with E-state index in [9.17, 15) is 9.59 Å². The molecule has 0 radical (unpaired) electrons. The van der Waals surface area contributed by atoms with Crippen LogP contribution in [0.1, 0.15) is 52.4 Å². The van der Waals surface area contributed by atoms with Crippen LogP contribution in [0.3, 0.4) is 0 Å². The van der Waals surface area contributed by atoms with E-state index in [0.717, 1.165) is 25.7 Å². The molecule has 19 heavy (non-hydrogen) atoms. The van der Waals surface area contributed by atoms with Gasteiger partial charge in [0.15, 0.2) is 0 Å². The van der Waals surface area contributed by atoms with Crippen molar-refractivity contribution in [3.63, 3.8) is 0 Å². The molecule has 4 heteroatoms. The predicted octanol–water partition coefficient (Wildman–Crippen LogP) is 2.53. The van der Waals surface area contributed by atoms with Crippen LogP contribution in [0.5, 0.6) is 0 Å². The maximum Gasteiger partial charge on any atom is 0.308 e. The number of likely N-dealkylation sites (tertiary alicyclic amines) is 1. The third kappa shape index (κ3) is 2.93. The van der Waals surface area contributed by atoms with Crippen molar-refractivity contribution < 1.29 is 14.7 Å². The monoisotopic (exact) mass is 267 g/mol. The first-order valence-electron chi connectivity index (χ1n) is 7.46. The number of carbonyl (C=O) groups is 2. The van der Waals surface area contributed by atoms with Crippen molar-refractivity contribution in [1.82, 2.24) is 4.90 Å². The number of amides is 1. The van der Waals surface area contributed by atoms with Crippen LogP contribution in [0.2, 0.25) is 0 Å². The van der Waals surface area contributed by atoms with Crippen LogP contribution in [0.25, 0.3) is 0 Å². The lowest BCUT2D eigenvalue weighted by Crippen LogP contribution is -2.41. The van der Waals surface area contributed by atoms with Crippen LogP contribution in [0, 0.1) is 17.3 Å². The fraction of sp³-hybridized carbons (Fsp3) is 0.867. The van der Waals surface area contributed by atoms with E-state index in [0.29, 0.717) is 13.1 Å². The Balaban J connectivity index is 2.05. The molecule has 2 aliphatic rings. The highest BCUT2D eigenvalue weighted by Crippen LogP contribution is 2.38. The summed E-state index contributed by atoms with van der Waals surface area (Å²) in [6.07, 6.45) is 6.58. The molecule has 0 unspecified atom stereocenters. The van der Waals surface area contributed by atoms with Crippen molar-refractivity contribution in [3.8, 4) is 0 Å². The van der Waals surface area contributed by atoms with Gasteiger partial charge in [-0.15, -0.1) is 0 Å². The number of hydrogen-bond acceptors (Lipinski definition) is 2. The third-order valence-electron chi connectivity index (χ3n) is 4.94. The Morgan fingerprint density at radius 3 is 2.16 bits per heavy atom. The molecule has 1 saturated carbocycles. The highest BCUT2D eigenvalue weighted by atomic mass is 16.4. The number of carboxylic acid groups (broad SMARTS) is 1. The maximum atomic E-state index is 12.7. The molecule has 1 aliphatic heterocycles. The lowest BCUT2D eigenvalue weighted by atomic mass is 9.81. The average molecular weight is 267 g/mol. The Labute approximate surface area is 115 Å². The Morgan fingerprint density at radius 1 is 1.11 bits per heavy atom. The molecule has 0 aromatic heterocycles. The number of nitrogens with zero attached hydrogens (tertiary/aromatic N) is 1. The molecule has 1 saturated heterocycles. The summed E-state index contributed by atoms with van der Waals surface area (Å²) >= 11 is 0. The number of carboxylic acids is 1. The van der Waals surface area contributed by atoms with E-state index in [2.05, 4.69) is 6.92 Å². The van der Waals surface area contributed by atoms with Gasteiger partial charge in [-0.25, -0.2) is 0 Å². The maximum absolute atomic E-state index is 12.7. The Kier molecular flexibility index (Phi) is 4.16. The van der Waals surface area contributed by atoms with Crippen molar-refractivity contribution in [2.24, 2.45) is 17.3 Å². The van der Waals surface area contributed by atoms with Crippen molar-refractivity contribution in [3.05, 3.63) is 0 Å². The normalized spacial score (nSPS) is 30.9. The predicted molar refractivity (Wildman–Crippen MR) is 72.7 cm³/mol. The molecule has 4 nitrogen and oxygen atoms in total. The summed E-state index contributed by atoms with van der Waals surface area (Å²) in [4.78, 5) is 25.7. The van der Waals surface area contributed by atoms with E-state index < -0.39 is 11.9 Å². The zero-order chi connectivity index (χ0) is 14.0. The second kappa shape index (κ2) is 5.51. The summed E-state index contributed by atoms with van der Waals surface area (Å²) < 4.78 is 0. The first-order valence-corrected chi connectivity index (χ1v) is 7.46. The van der Waals surface area contributed by atoms with Crippen molar-refractivity contribution >= 4 is 11.9 Å². The molecular weight excluding hydrogens is 242 g/mol.